The van der Waals surface area contributed by atoms with Gasteiger partial charge < -0.3 is 20.1 Å². The molecule has 48 heavy (non-hydrogen) atoms. The maximum absolute atomic E-state index is 12.9. The third-order valence-corrected chi connectivity index (χ3v) is 9.77. The second kappa shape index (κ2) is 15.0. The van der Waals surface area contributed by atoms with E-state index in [2.05, 4.69) is 10.6 Å². The van der Waals surface area contributed by atoms with Crippen LogP contribution in [-0.4, -0.2) is 70.1 Å². The highest BCUT2D eigenvalue weighted by Crippen LogP contribution is 2.40. The van der Waals surface area contributed by atoms with Crippen LogP contribution in [0.15, 0.2) is 94.7 Å². The van der Waals surface area contributed by atoms with Crippen LogP contribution in [0.1, 0.15) is 39.9 Å². The summed E-state index contributed by atoms with van der Waals surface area (Å²) >= 11 is 0. The van der Waals surface area contributed by atoms with Crippen LogP contribution in [0.4, 0.5) is 0 Å². The van der Waals surface area contributed by atoms with Crippen LogP contribution in [-0.2, 0) is 20.2 Å². The van der Waals surface area contributed by atoms with Crippen molar-refractivity contribution in [3.8, 4) is 22.6 Å². The monoisotopic (exact) mass is 694 g/mol. The molecule has 1 aliphatic carbocycles. The van der Waals surface area contributed by atoms with Gasteiger partial charge in [0, 0.05) is 24.2 Å². The molecule has 3 aliphatic rings. The Morgan fingerprint density at radius 2 is 0.958 bits per heavy atom. The molecule has 4 aromatic carbocycles. The molecule has 0 aromatic heterocycles. The van der Waals surface area contributed by atoms with Crippen LogP contribution < -0.4 is 20.1 Å². The normalized spacial score (nSPS) is 18.1. The molecule has 2 atom stereocenters. The van der Waals surface area contributed by atoms with Crippen molar-refractivity contribution in [1.82, 2.24) is 10.6 Å². The lowest BCUT2D eigenvalue weighted by Gasteiger charge is -2.13. The van der Waals surface area contributed by atoms with Crippen molar-refractivity contribution in [1.29, 1.82) is 0 Å². The van der Waals surface area contributed by atoms with Crippen molar-refractivity contribution in [3.63, 3.8) is 0 Å². The predicted octanol–water partition coefficient (Wildman–Crippen LogP) is 4.86. The summed E-state index contributed by atoms with van der Waals surface area (Å²) in [6.07, 6.45) is 2.38. The average molecular weight is 695 g/mol. The molecule has 0 unspecified atom stereocenters. The molecule has 0 spiro atoms. The van der Waals surface area contributed by atoms with Crippen LogP contribution in [0.2, 0.25) is 0 Å². The number of hydrogen-bond donors (Lipinski definition) is 4. The van der Waals surface area contributed by atoms with Gasteiger partial charge in [-0.1, -0.05) is 35.4 Å². The summed E-state index contributed by atoms with van der Waals surface area (Å²) in [6, 6.07) is 23.7. The third-order valence-electron chi connectivity index (χ3n) is 8.03. The first-order chi connectivity index (χ1) is 22.8. The first-order valence-corrected chi connectivity index (χ1v) is 18.3. The van der Waals surface area contributed by atoms with Crippen LogP contribution in [0.25, 0.3) is 11.1 Å². The van der Waals surface area contributed by atoms with E-state index in [9.17, 15) is 21.6 Å². The fourth-order valence-electron chi connectivity index (χ4n) is 5.45. The Hall–Kier alpha value is -4.11. The number of aryl methyl sites for hydroxylation is 2. The smallest absolute Gasteiger partial charge is 0.294 e. The third kappa shape index (κ3) is 9.07. The number of carbonyl (C=O) groups excluding carboxylic acids is 1. The fourth-order valence-corrected chi connectivity index (χ4v) is 6.41. The van der Waals surface area contributed by atoms with Crippen molar-refractivity contribution >= 4 is 26.0 Å². The maximum Gasteiger partial charge on any atom is 0.294 e. The molecule has 2 saturated heterocycles. The molecule has 0 saturated carbocycles. The molecule has 4 N–H and O–H groups in total. The Balaban J connectivity index is 0.000000170. The SMILES string of the molecule is Cc1ccc(S(=O)(=O)O)cc1.Cc1ccc(S(=O)(=O)O)cc1.O=C1c2cc(O[C@H]3CCNC3)ccc2-c2ccc(O[C@H]3CCNC3)cc21. The number of rotatable bonds is 6. The molecule has 4 aromatic rings. The van der Waals surface area contributed by atoms with E-state index in [1.54, 1.807) is 24.3 Å². The van der Waals surface area contributed by atoms with E-state index in [0.29, 0.717) is 0 Å². The lowest BCUT2D eigenvalue weighted by molar-refractivity contribution is 0.104. The highest BCUT2D eigenvalue weighted by atomic mass is 32.2. The topological polar surface area (TPSA) is 168 Å². The van der Waals surface area contributed by atoms with Crippen LogP contribution in [0.5, 0.6) is 11.5 Å². The Labute approximate surface area is 280 Å². The van der Waals surface area contributed by atoms with Gasteiger partial charge in [-0.05, 0) is 112 Å². The van der Waals surface area contributed by atoms with Gasteiger partial charge in [-0.25, -0.2) is 0 Å². The lowest BCUT2D eigenvalue weighted by atomic mass is 10.1. The van der Waals surface area contributed by atoms with E-state index in [1.807, 2.05) is 50.2 Å². The highest BCUT2D eigenvalue weighted by Gasteiger charge is 2.29. The summed E-state index contributed by atoms with van der Waals surface area (Å²) in [5, 5.41) is 6.59. The van der Waals surface area contributed by atoms with Crippen molar-refractivity contribution < 1.29 is 40.2 Å². The van der Waals surface area contributed by atoms with E-state index in [-0.39, 0.29) is 27.8 Å². The number of benzene rings is 4. The molecule has 0 radical (unpaired) electrons. The van der Waals surface area contributed by atoms with Crippen LogP contribution in [0.3, 0.4) is 0 Å². The Kier molecular flexibility index (Phi) is 11.0. The van der Waals surface area contributed by atoms with Crippen LogP contribution >= 0.6 is 0 Å². The minimum atomic E-state index is -4.02. The number of fused-ring (bicyclic) bond motifs is 3. The Morgan fingerprint density at radius 3 is 1.27 bits per heavy atom. The minimum Gasteiger partial charge on any atom is -0.489 e. The predicted molar refractivity (Wildman–Crippen MR) is 181 cm³/mol. The molecule has 2 fully saturated rings. The average Bonchev–Trinajstić information content (AvgIpc) is 3.80. The van der Waals surface area contributed by atoms with Gasteiger partial charge in [0.1, 0.15) is 23.7 Å². The van der Waals surface area contributed by atoms with E-state index >= 15 is 0 Å². The zero-order chi connectivity index (χ0) is 34.5. The maximum atomic E-state index is 12.9. The molecule has 11 nitrogen and oxygen atoms in total. The zero-order valence-electron chi connectivity index (χ0n) is 26.5. The van der Waals surface area contributed by atoms with Gasteiger partial charge in [-0.3, -0.25) is 13.9 Å². The van der Waals surface area contributed by atoms with E-state index in [1.165, 1.54) is 24.3 Å². The summed E-state index contributed by atoms with van der Waals surface area (Å²) in [6.45, 7) is 7.38. The minimum absolute atomic E-state index is 0.0555. The number of nitrogens with one attached hydrogen (secondary N) is 2. The summed E-state index contributed by atoms with van der Waals surface area (Å²) in [4.78, 5) is 12.8. The second-order valence-electron chi connectivity index (χ2n) is 11.8. The molecule has 254 valence electrons. The molecule has 2 aliphatic heterocycles. The molecular weight excluding hydrogens is 657 g/mol. The van der Waals surface area contributed by atoms with Crippen molar-refractivity contribution in [2.45, 2.75) is 48.7 Å². The van der Waals surface area contributed by atoms with E-state index in [4.69, 9.17) is 18.6 Å². The van der Waals surface area contributed by atoms with Gasteiger partial charge in [-0.15, -0.1) is 0 Å². The molecule has 0 amide bonds. The first-order valence-electron chi connectivity index (χ1n) is 15.4. The van der Waals surface area contributed by atoms with Crippen molar-refractivity contribution in [2.24, 2.45) is 0 Å². The molecule has 13 heteroatoms. The van der Waals surface area contributed by atoms with Gasteiger partial charge in [0.05, 0.1) is 9.79 Å². The molecule has 7 rings (SSSR count). The summed E-state index contributed by atoms with van der Waals surface area (Å²) in [7, 11) is -8.04. The number of hydrogen-bond acceptors (Lipinski definition) is 9. The van der Waals surface area contributed by atoms with Gasteiger partial charge in [0.25, 0.3) is 20.2 Å². The van der Waals surface area contributed by atoms with E-state index in [0.717, 1.165) is 83.9 Å². The summed E-state index contributed by atoms with van der Waals surface area (Å²) in [5.74, 6) is 1.60. The Bertz CT molecular complexity index is 1820. The quantitative estimate of drug-likeness (QED) is 0.179. The first kappa shape index (κ1) is 35.2. The van der Waals surface area contributed by atoms with Crippen molar-refractivity contribution in [3.05, 3.63) is 107 Å². The highest BCUT2D eigenvalue weighted by molar-refractivity contribution is 7.86. The Morgan fingerprint density at radius 1 is 0.583 bits per heavy atom. The van der Waals surface area contributed by atoms with Crippen molar-refractivity contribution in [2.75, 3.05) is 26.2 Å². The fraction of sp³-hybridized carbons (Fsp3) is 0.286. The van der Waals surface area contributed by atoms with Gasteiger partial charge in [0.15, 0.2) is 5.78 Å². The lowest BCUT2D eigenvalue weighted by Crippen LogP contribution is -2.19. The molecule has 2 heterocycles. The van der Waals surface area contributed by atoms with Gasteiger partial charge >= 0.3 is 0 Å². The molecule has 0 bridgehead atoms. The second-order valence-corrected chi connectivity index (χ2v) is 14.6. The summed E-state index contributed by atoms with van der Waals surface area (Å²) in [5.41, 5.74) is 5.33. The standard InChI is InChI=1S/C21H22N2O3.2C7H8O3S/c24-21-19-9-13(25-15-5-7-22-11-15)1-3-17(19)18-4-2-14(10-20(18)21)26-16-6-8-23-12-16;2*1-6-2-4-7(5-3-6)11(8,9)10/h1-4,9-10,15-16,22-23H,5-8,11-12H2;2*2-5H,1H3,(H,8,9,10)/t15-,16-;;/m0../s1. The zero-order valence-corrected chi connectivity index (χ0v) is 28.2. The summed E-state index contributed by atoms with van der Waals surface area (Å²) < 4.78 is 71.1. The van der Waals surface area contributed by atoms with Gasteiger partial charge in [0.2, 0.25) is 0 Å². The largest absolute Gasteiger partial charge is 0.489 e. The number of ether oxygens (including phenoxy) is 2. The van der Waals surface area contributed by atoms with Gasteiger partial charge in [-0.2, -0.15) is 16.8 Å². The number of ketones is 1. The van der Waals surface area contributed by atoms with E-state index < -0.39 is 20.2 Å². The molecular formula is C35H38N2O9S2. The number of carbonyl (C=O) groups is 1. The van der Waals surface area contributed by atoms with Crippen LogP contribution in [0, 0.1) is 13.8 Å².